The quantitative estimate of drug-likeness (QED) is 0.788. The third-order valence-electron chi connectivity index (χ3n) is 2.96. The minimum Gasteiger partial charge on any atom is -0.497 e. The fourth-order valence-electron chi connectivity index (χ4n) is 1.62. The van der Waals surface area contributed by atoms with Crippen molar-refractivity contribution >= 4 is 5.91 Å². The molecule has 1 amide bonds. The van der Waals surface area contributed by atoms with Crippen molar-refractivity contribution < 1.29 is 19.4 Å². The number of aliphatic hydroxyl groups is 1. The smallest absolute Gasteiger partial charge is 0.222 e. The zero-order chi connectivity index (χ0) is 15.0. The van der Waals surface area contributed by atoms with Crippen molar-refractivity contribution in [2.45, 2.75) is 25.9 Å². The third-order valence-corrected chi connectivity index (χ3v) is 2.96. The highest BCUT2D eigenvalue weighted by molar-refractivity contribution is 5.75. The lowest BCUT2D eigenvalue weighted by atomic mass is 10.2. The van der Waals surface area contributed by atoms with Gasteiger partial charge in [-0.1, -0.05) is 0 Å². The van der Waals surface area contributed by atoms with E-state index in [0.29, 0.717) is 26.0 Å². The molecule has 112 valence electrons. The van der Waals surface area contributed by atoms with Gasteiger partial charge in [0.1, 0.15) is 18.1 Å². The van der Waals surface area contributed by atoms with E-state index in [1.165, 1.54) is 0 Å². The largest absolute Gasteiger partial charge is 0.497 e. The standard InChI is InChI=1S/C15H23NO4/c1-12(17)4-9-15(18)16(2)10-11-20-14-7-5-13(19-3)6-8-14/h5-8,12,17H,4,9-11H2,1-3H3. The summed E-state index contributed by atoms with van der Waals surface area (Å²) < 4.78 is 10.6. The number of carbonyl (C=O) groups excluding carboxylic acids is 1. The number of hydrogen-bond acceptors (Lipinski definition) is 4. The van der Waals surface area contributed by atoms with Crippen LogP contribution in [0.1, 0.15) is 19.8 Å². The van der Waals surface area contributed by atoms with Gasteiger partial charge in [-0.2, -0.15) is 0 Å². The molecule has 0 aliphatic carbocycles. The van der Waals surface area contributed by atoms with Gasteiger partial charge in [0.15, 0.2) is 0 Å². The van der Waals surface area contributed by atoms with Crippen LogP contribution in [0.25, 0.3) is 0 Å². The number of nitrogens with zero attached hydrogens (tertiary/aromatic N) is 1. The molecule has 1 rings (SSSR count). The van der Waals surface area contributed by atoms with Crippen LogP contribution in [-0.2, 0) is 4.79 Å². The molecule has 5 nitrogen and oxygen atoms in total. The van der Waals surface area contributed by atoms with Gasteiger partial charge in [0.05, 0.1) is 19.8 Å². The average Bonchev–Trinajstić information content (AvgIpc) is 2.45. The molecular formula is C15H23NO4. The lowest BCUT2D eigenvalue weighted by molar-refractivity contribution is -0.130. The predicted octanol–water partition coefficient (Wildman–Crippen LogP) is 1.69. The molecule has 20 heavy (non-hydrogen) atoms. The fraction of sp³-hybridized carbons (Fsp3) is 0.533. The van der Waals surface area contributed by atoms with E-state index >= 15 is 0 Å². The molecule has 0 radical (unpaired) electrons. The maximum Gasteiger partial charge on any atom is 0.222 e. The summed E-state index contributed by atoms with van der Waals surface area (Å²) in [6.07, 6.45) is 0.405. The third kappa shape index (κ3) is 5.93. The summed E-state index contributed by atoms with van der Waals surface area (Å²) in [5, 5.41) is 9.14. The van der Waals surface area contributed by atoms with E-state index in [-0.39, 0.29) is 5.91 Å². The molecule has 0 bridgehead atoms. The van der Waals surface area contributed by atoms with Gasteiger partial charge in [-0.25, -0.2) is 0 Å². The Morgan fingerprint density at radius 2 is 1.90 bits per heavy atom. The molecule has 0 heterocycles. The molecule has 1 aromatic carbocycles. The van der Waals surface area contributed by atoms with Crippen LogP contribution in [0.5, 0.6) is 11.5 Å². The molecule has 1 atom stereocenters. The maximum absolute atomic E-state index is 11.7. The number of aliphatic hydroxyl groups excluding tert-OH is 1. The van der Waals surface area contributed by atoms with E-state index in [0.717, 1.165) is 11.5 Å². The summed E-state index contributed by atoms with van der Waals surface area (Å²) in [4.78, 5) is 13.3. The molecule has 0 aliphatic heterocycles. The number of carbonyl (C=O) groups is 1. The Kier molecular flexibility index (Phi) is 6.87. The van der Waals surface area contributed by atoms with Gasteiger partial charge in [0.2, 0.25) is 5.91 Å². The van der Waals surface area contributed by atoms with Crippen molar-refractivity contribution in [1.82, 2.24) is 4.90 Å². The number of rotatable bonds is 8. The van der Waals surface area contributed by atoms with Crippen molar-refractivity contribution in [1.29, 1.82) is 0 Å². The lowest BCUT2D eigenvalue weighted by Crippen LogP contribution is -2.31. The zero-order valence-corrected chi connectivity index (χ0v) is 12.3. The van der Waals surface area contributed by atoms with Crippen LogP contribution < -0.4 is 9.47 Å². The Labute approximate surface area is 120 Å². The van der Waals surface area contributed by atoms with E-state index in [2.05, 4.69) is 0 Å². The number of methoxy groups -OCH3 is 1. The van der Waals surface area contributed by atoms with E-state index in [1.807, 2.05) is 24.3 Å². The fourth-order valence-corrected chi connectivity index (χ4v) is 1.62. The van der Waals surface area contributed by atoms with Gasteiger partial charge in [0.25, 0.3) is 0 Å². The monoisotopic (exact) mass is 281 g/mol. The van der Waals surface area contributed by atoms with Crippen LogP contribution >= 0.6 is 0 Å². The van der Waals surface area contributed by atoms with Gasteiger partial charge >= 0.3 is 0 Å². The number of likely N-dealkylation sites (N-methyl/N-ethyl adjacent to an activating group) is 1. The Balaban J connectivity index is 2.26. The molecule has 0 aliphatic rings. The number of amides is 1. The molecule has 0 spiro atoms. The van der Waals surface area contributed by atoms with E-state index in [9.17, 15) is 4.79 Å². The minimum atomic E-state index is -0.442. The van der Waals surface area contributed by atoms with Crippen molar-refractivity contribution in [2.24, 2.45) is 0 Å². The second-order valence-corrected chi connectivity index (χ2v) is 4.73. The molecule has 1 aromatic rings. The highest BCUT2D eigenvalue weighted by atomic mass is 16.5. The van der Waals surface area contributed by atoms with Crippen LogP contribution in [0.2, 0.25) is 0 Å². The van der Waals surface area contributed by atoms with Crippen molar-refractivity contribution in [2.75, 3.05) is 27.3 Å². The first-order chi connectivity index (χ1) is 9.52. The molecular weight excluding hydrogens is 258 g/mol. The highest BCUT2D eigenvalue weighted by Crippen LogP contribution is 2.16. The topological polar surface area (TPSA) is 59.0 Å². The van der Waals surface area contributed by atoms with Crippen LogP contribution in [0.4, 0.5) is 0 Å². The molecule has 0 saturated carbocycles. The highest BCUT2D eigenvalue weighted by Gasteiger charge is 2.09. The molecule has 0 saturated heterocycles. The predicted molar refractivity (Wildman–Crippen MR) is 77.0 cm³/mol. The normalized spacial score (nSPS) is 11.8. The first-order valence-electron chi connectivity index (χ1n) is 6.72. The number of ether oxygens (including phenoxy) is 2. The van der Waals surface area contributed by atoms with Crippen LogP contribution in [0.15, 0.2) is 24.3 Å². The van der Waals surface area contributed by atoms with Gasteiger partial charge in [0, 0.05) is 13.5 Å². The van der Waals surface area contributed by atoms with E-state index in [1.54, 1.807) is 26.0 Å². The Morgan fingerprint density at radius 1 is 1.30 bits per heavy atom. The Hall–Kier alpha value is -1.75. The Bertz CT molecular complexity index is 403. The zero-order valence-electron chi connectivity index (χ0n) is 12.3. The first-order valence-corrected chi connectivity index (χ1v) is 6.72. The first kappa shape index (κ1) is 16.3. The maximum atomic E-state index is 11.7. The second kappa shape index (κ2) is 8.43. The van der Waals surface area contributed by atoms with Crippen molar-refractivity contribution in [3.63, 3.8) is 0 Å². The summed E-state index contributed by atoms with van der Waals surface area (Å²) >= 11 is 0. The minimum absolute atomic E-state index is 0.0178. The van der Waals surface area contributed by atoms with Crippen molar-refractivity contribution in [3.8, 4) is 11.5 Å². The summed E-state index contributed by atoms with van der Waals surface area (Å²) in [7, 11) is 3.35. The van der Waals surface area contributed by atoms with Crippen molar-refractivity contribution in [3.05, 3.63) is 24.3 Å². The molecule has 0 aromatic heterocycles. The molecule has 5 heteroatoms. The van der Waals surface area contributed by atoms with Gasteiger partial charge in [-0.15, -0.1) is 0 Å². The van der Waals surface area contributed by atoms with Crippen LogP contribution in [-0.4, -0.2) is 49.3 Å². The second-order valence-electron chi connectivity index (χ2n) is 4.73. The SMILES string of the molecule is COc1ccc(OCCN(C)C(=O)CCC(C)O)cc1. The molecule has 0 fully saturated rings. The van der Waals surface area contributed by atoms with Gasteiger partial charge in [-0.05, 0) is 37.6 Å². The lowest BCUT2D eigenvalue weighted by Gasteiger charge is -2.18. The van der Waals surface area contributed by atoms with Gasteiger partial charge < -0.3 is 19.5 Å². The molecule has 1 N–H and O–H groups in total. The van der Waals surface area contributed by atoms with E-state index < -0.39 is 6.10 Å². The summed E-state index contributed by atoms with van der Waals surface area (Å²) in [5.74, 6) is 1.54. The summed E-state index contributed by atoms with van der Waals surface area (Å²) in [6.45, 7) is 2.63. The number of benzene rings is 1. The Morgan fingerprint density at radius 3 is 2.45 bits per heavy atom. The van der Waals surface area contributed by atoms with E-state index in [4.69, 9.17) is 14.6 Å². The van der Waals surface area contributed by atoms with Crippen LogP contribution in [0.3, 0.4) is 0 Å². The number of hydrogen-bond donors (Lipinski definition) is 1. The summed E-state index contributed by atoms with van der Waals surface area (Å²) in [6, 6.07) is 7.31. The van der Waals surface area contributed by atoms with Gasteiger partial charge in [-0.3, -0.25) is 4.79 Å². The molecule has 1 unspecified atom stereocenters. The summed E-state index contributed by atoms with van der Waals surface area (Å²) in [5.41, 5.74) is 0. The average molecular weight is 281 g/mol. The van der Waals surface area contributed by atoms with Crippen LogP contribution in [0, 0.1) is 0 Å².